The Morgan fingerprint density at radius 1 is 1.15 bits per heavy atom. The number of carbonyl (C=O) groups is 2. The lowest BCUT2D eigenvalue weighted by Gasteiger charge is -2.12. The van der Waals surface area contributed by atoms with Gasteiger partial charge in [-0.1, -0.05) is 25.0 Å². The Balaban J connectivity index is 1.66. The van der Waals surface area contributed by atoms with Gasteiger partial charge in [0, 0.05) is 30.6 Å². The van der Waals surface area contributed by atoms with Crippen LogP contribution in [0.2, 0.25) is 0 Å². The minimum atomic E-state index is -0.138. The van der Waals surface area contributed by atoms with Crippen LogP contribution >= 0.6 is 11.8 Å². The van der Waals surface area contributed by atoms with Crippen LogP contribution in [-0.2, 0) is 6.54 Å². The molecule has 136 valence electrons. The summed E-state index contributed by atoms with van der Waals surface area (Å²) in [6.07, 6.45) is 6.63. The topological polar surface area (TPSA) is 71.1 Å². The van der Waals surface area contributed by atoms with Gasteiger partial charge < -0.3 is 10.6 Å². The Morgan fingerprint density at radius 3 is 2.73 bits per heavy atom. The smallest absolute Gasteiger partial charge is 0.254 e. The number of carbonyl (C=O) groups excluding carboxylic acids is 2. The highest BCUT2D eigenvalue weighted by atomic mass is 32.2. The van der Waals surface area contributed by atoms with Gasteiger partial charge in [0.25, 0.3) is 11.8 Å². The molecular formula is C20H23N3O2S. The second-order valence-electron chi connectivity index (χ2n) is 6.34. The van der Waals surface area contributed by atoms with Crippen molar-refractivity contribution in [3.63, 3.8) is 0 Å². The second kappa shape index (κ2) is 8.85. The van der Waals surface area contributed by atoms with E-state index >= 15 is 0 Å². The minimum Gasteiger partial charge on any atom is -0.355 e. The molecule has 1 aliphatic rings. The van der Waals surface area contributed by atoms with Crippen LogP contribution in [0.1, 0.15) is 52.0 Å². The van der Waals surface area contributed by atoms with Crippen molar-refractivity contribution in [3.05, 3.63) is 59.3 Å². The average Bonchev–Trinajstić information content (AvgIpc) is 3.19. The van der Waals surface area contributed by atoms with Crippen LogP contribution in [0.3, 0.4) is 0 Å². The number of hydrogen-bond donors (Lipinski definition) is 2. The van der Waals surface area contributed by atoms with Crippen molar-refractivity contribution < 1.29 is 9.59 Å². The molecule has 3 rings (SSSR count). The molecule has 26 heavy (non-hydrogen) atoms. The Hall–Kier alpha value is -2.34. The Bertz CT molecular complexity index is 788. The van der Waals surface area contributed by atoms with Crippen LogP contribution in [-0.4, -0.2) is 29.1 Å². The summed E-state index contributed by atoms with van der Waals surface area (Å²) in [6.45, 7) is 0.367. The zero-order valence-corrected chi connectivity index (χ0v) is 15.6. The van der Waals surface area contributed by atoms with E-state index in [0.29, 0.717) is 22.9 Å². The monoisotopic (exact) mass is 369 g/mol. The van der Waals surface area contributed by atoms with E-state index in [2.05, 4.69) is 15.6 Å². The largest absolute Gasteiger partial charge is 0.355 e. The lowest BCUT2D eigenvalue weighted by molar-refractivity contribution is 0.0945. The standard InChI is InChI=1S/C20H23N3O2S/c1-21-18(24)15-7-4-6-14(12-15)13-23-19(25)17-10-5-11-22-20(17)26-16-8-2-3-9-16/h4-7,10-12,16H,2-3,8-9,13H2,1H3,(H,21,24)(H,23,25). The molecule has 0 unspecified atom stereocenters. The van der Waals surface area contributed by atoms with Crippen LogP contribution in [0.4, 0.5) is 0 Å². The van der Waals surface area contributed by atoms with E-state index in [0.717, 1.165) is 10.6 Å². The molecule has 6 heteroatoms. The number of pyridine rings is 1. The predicted molar refractivity (Wildman–Crippen MR) is 103 cm³/mol. The molecule has 1 saturated carbocycles. The van der Waals surface area contributed by atoms with Crippen LogP contribution in [0.5, 0.6) is 0 Å². The number of nitrogens with zero attached hydrogens (tertiary/aromatic N) is 1. The number of aromatic nitrogens is 1. The van der Waals surface area contributed by atoms with Crippen molar-refractivity contribution in [1.29, 1.82) is 0 Å². The summed E-state index contributed by atoms with van der Waals surface area (Å²) < 4.78 is 0. The summed E-state index contributed by atoms with van der Waals surface area (Å²) in [7, 11) is 1.60. The average molecular weight is 369 g/mol. The first-order valence-electron chi connectivity index (χ1n) is 8.88. The van der Waals surface area contributed by atoms with Crippen molar-refractivity contribution in [2.75, 3.05) is 7.05 Å². The molecule has 1 aromatic heterocycles. The van der Waals surface area contributed by atoms with Gasteiger partial charge in [-0.3, -0.25) is 9.59 Å². The molecule has 0 radical (unpaired) electrons. The normalized spacial score (nSPS) is 14.2. The van der Waals surface area contributed by atoms with Gasteiger partial charge in [0.15, 0.2) is 0 Å². The van der Waals surface area contributed by atoms with Gasteiger partial charge in [0.05, 0.1) is 5.56 Å². The molecule has 1 fully saturated rings. The van der Waals surface area contributed by atoms with Gasteiger partial charge in [-0.15, -0.1) is 11.8 Å². The van der Waals surface area contributed by atoms with Crippen LogP contribution in [0.15, 0.2) is 47.6 Å². The maximum Gasteiger partial charge on any atom is 0.254 e. The quantitative estimate of drug-likeness (QED) is 0.819. The van der Waals surface area contributed by atoms with Crippen molar-refractivity contribution in [3.8, 4) is 0 Å². The summed E-state index contributed by atoms with van der Waals surface area (Å²) in [5.41, 5.74) is 2.08. The molecule has 2 N–H and O–H groups in total. The zero-order chi connectivity index (χ0) is 18.4. The van der Waals surface area contributed by atoms with E-state index in [4.69, 9.17) is 0 Å². The van der Waals surface area contributed by atoms with E-state index in [1.54, 1.807) is 43.2 Å². The van der Waals surface area contributed by atoms with Crippen LogP contribution in [0.25, 0.3) is 0 Å². The molecule has 2 aromatic rings. The highest BCUT2D eigenvalue weighted by Gasteiger charge is 2.20. The van der Waals surface area contributed by atoms with E-state index < -0.39 is 0 Å². The van der Waals surface area contributed by atoms with Gasteiger partial charge in [-0.25, -0.2) is 4.98 Å². The maximum absolute atomic E-state index is 12.6. The zero-order valence-electron chi connectivity index (χ0n) is 14.8. The van der Waals surface area contributed by atoms with Gasteiger partial charge >= 0.3 is 0 Å². The summed E-state index contributed by atoms with van der Waals surface area (Å²) in [4.78, 5) is 28.8. The van der Waals surface area contributed by atoms with Crippen molar-refractivity contribution >= 4 is 23.6 Å². The molecule has 1 aliphatic carbocycles. The fourth-order valence-corrected chi connectivity index (χ4v) is 4.36. The van der Waals surface area contributed by atoms with Crippen LogP contribution in [0, 0.1) is 0 Å². The Labute approximate surface area is 158 Å². The van der Waals surface area contributed by atoms with Crippen LogP contribution < -0.4 is 10.6 Å². The third kappa shape index (κ3) is 4.64. The van der Waals surface area contributed by atoms with Crippen molar-refractivity contribution in [2.45, 2.75) is 42.5 Å². The van der Waals surface area contributed by atoms with Crippen molar-refractivity contribution in [2.24, 2.45) is 0 Å². The first kappa shape index (κ1) is 18.5. The summed E-state index contributed by atoms with van der Waals surface area (Å²) in [5, 5.41) is 6.90. The Morgan fingerprint density at radius 2 is 1.96 bits per heavy atom. The highest BCUT2D eigenvalue weighted by molar-refractivity contribution is 7.99. The molecule has 1 aromatic carbocycles. The maximum atomic E-state index is 12.6. The lowest BCUT2D eigenvalue weighted by atomic mass is 10.1. The van der Waals surface area contributed by atoms with Gasteiger partial charge in [0.1, 0.15) is 5.03 Å². The van der Waals surface area contributed by atoms with Gasteiger partial charge in [-0.2, -0.15) is 0 Å². The fraction of sp³-hybridized carbons (Fsp3) is 0.350. The van der Waals surface area contributed by atoms with Crippen molar-refractivity contribution in [1.82, 2.24) is 15.6 Å². The summed E-state index contributed by atoms with van der Waals surface area (Å²) in [5.74, 6) is -0.273. The number of thioether (sulfide) groups is 1. The fourth-order valence-electron chi connectivity index (χ4n) is 3.07. The predicted octanol–water partition coefficient (Wildman–Crippen LogP) is 3.41. The molecule has 0 saturated heterocycles. The first-order valence-corrected chi connectivity index (χ1v) is 9.76. The summed E-state index contributed by atoms with van der Waals surface area (Å²) >= 11 is 1.71. The molecule has 0 atom stereocenters. The molecule has 0 bridgehead atoms. The molecular weight excluding hydrogens is 346 g/mol. The minimum absolute atomic E-state index is 0.135. The molecule has 0 spiro atoms. The number of benzene rings is 1. The molecule has 1 heterocycles. The second-order valence-corrected chi connectivity index (χ2v) is 7.63. The number of rotatable bonds is 6. The third-order valence-corrected chi connectivity index (χ3v) is 5.82. The number of hydrogen-bond acceptors (Lipinski definition) is 4. The van der Waals surface area contributed by atoms with Gasteiger partial charge in [-0.05, 0) is 42.7 Å². The SMILES string of the molecule is CNC(=O)c1cccc(CNC(=O)c2cccnc2SC2CCCC2)c1. The molecule has 0 aliphatic heterocycles. The van der Waals surface area contributed by atoms with E-state index in [-0.39, 0.29) is 11.8 Å². The third-order valence-electron chi connectivity index (χ3n) is 4.47. The summed E-state index contributed by atoms with van der Waals surface area (Å²) in [6, 6.07) is 10.9. The Kier molecular flexibility index (Phi) is 6.28. The van der Waals surface area contributed by atoms with E-state index in [1.807, 2.05) is 18.2 Å². The lowest BCUT2D eigenvalue weighted by Crippen LogP contribution is -2.24. The van der Waals surface area contributed by atoms with E-state index in [1.165, 1.54) is 25.7 Å². The number of amides is 2. The first-order chi connectivity index (χ1) is 12.7. The van der Waals surface area contributed by atoms with E-state index in [9.17, 15) is 9.59 Å². The number of nitrogens with one attached hydrogen (secondary N) is 2. The van der Waals surface area contributed by atoms with Gasteiger partial charge in [0.2, 0.25) is 0 Å². The highest BCUT2D eigenvalue weighted by Crippen LogP contribution is 2.35. The molecule has 5 nitrogen and oxygen atoms in total. The molecule has 2 amide bonds.